The molecule has 10 heteroatoms. The first-order valence-corrected chi connectivity index (χ1v) is 12.4. The minimum absolute atomic E-state index is 0.318. The predicted octanol–water partition coefficient (Wildman–Crippen LogP) is 3.98. The number of H-pyrrole nitrogens is 1. The largest absolute Gasteiger partial charge is 0.457 e. The summed E-state index contributed by atoms with van der Waals surface area (Å²) in [6, 6.07) is 18.4. The highest BCUT2D eigenvalue weighted by Crippen LogP contribution is 2.25. The molecule has 2 aromatic heterocycles. The molecule has 2 heterocycles. The van der Waals surface area contributed by atoms with E-state index in [-0.39, 0.29) is 11.9 Å². The second kappa shape index (κ2) is 10.4. The van der Waals surface area contributed by atoms with Gasteiger partial charge in [-0.1, -0.05) is 6.07 Å². The van der Waals surface area contributed by atoms with Gasteiger partial charge >= 0.3 is 0 Å². The normalized spacial score (nSPS) is 12.3. The topological polar surface area (TPSA) is 109 Å². The van der Waals surface area contributed by atoms with Crippen molar-refractivity contribution in [2.75, 3.05) is 18.1 Å². The molecule has 0 amide bonds. The number of imidazole rings is 1. The lowest BCUT2D eigenvalue weighted by atomic mass is 10.1. The van der Waals surface area contributed by atoms with E-state index in [0.717, 1.165) is 23.2 Å². The lowest BCUT2D eigenvalue weighted by molar-refractivity contribution is 0.480. The Hall–Kier alpha value is -3.76. The number of sulfonamides is 1. The van der Waals surface area contributed by atoms with E-state index >= 15 is 0 Å². The summed E-state index contributed by atoms with van der Waals surface area (Å²) in [5, 5.41) is 3.21. The number of halogens is 1. The summed E-state index contributed by atoms with van der Waals surface area (Å²) in [5.41, 5.74) is 2.46. The highest BCUT2D eigenvalue weighted by molar-refractivity contribution is 7.88. The lowest BCUT2D eigenvalue weighted by Gasteiger charge is -2.18. The summed E-state index contributed by atoms with van der Waals surface area (Å²) in [4.78, 5) is 11.6. The van der Waals surface area contributed by atoms with Gasteiger partial charge in [-0.3, -0.25) is 0 Å². The van der Waals surface area contributed by atoms with Crippen molar-refractivity contribution in [1.29, 1.82) is 0 Å². The molecule has 2 aromatic carbocycles. The molecule has 0 fully saturated rings. The molecule has 0 saturated heterocycles. The van der Waals surface area contributed by atoms with Crippen molar-refractivity contribution < 1.29 is 17.5 Å². The number of nitrogens with zero attached hydrogens (tertiary/aromatic N) is 2. The van der Waals surface area contributed by atoms with Crippen molar-refractivity contribution >= 4 is 15.8 Å². The average molecular weight is 482 g/mol. The number of aromatic nitrogens is 3. The van der Waals surface area contributed by atoms with E-state index in [1.807, 2.05) is 42.5 Å². The van der Waals surface area contributed by atoms with Crippen LogP contribution in [-0.4, -0.2) is 42.2 Å². The van der Waals surface area contributed by atoms with Gasteiger partial charge in [-0.15, -0.1) is 0 Å². The maximum absolute atomic E-state index is 13.1. The average Bonchev–Trinajstić information content (AvgIpc) is 3.32. The Morgan fingerprint density at radius 2 is 1.74 bits per heavy atom. The van der Waals surface area contributed by atoms with Crippen molar-refractivity contribution in [3.63, 3.8) is 0 Å². The molecule has 0 saturated carbocycles. The van der Waals surface area contributed by atoms with Crippen LogP contribution in [-0.2, 0) is 16.4 Å². The Balaban J connectivity index is 1.42. The first-order valence-electron chi connectivity index (χ1n) is 10.5. The quantitative estimate of drug-likeness (QED) is 0.316. The molecule has 176 valence electrons. The van der Waals surface area contributed by atoms with Crippen molar-refractivity contribution in [3.05, 3.63) is 90.8 Å². The Labute approximate surface area is 197 Å². The summed E-state index contributed by atoms with van der Waals surface area (Å²) < 4.78 is 45.0. The second-order valence-corrected chi connectivity index (χ2v) is 9.52. The van der Waals surface area contributed by atoms with Crippen LogP contribution in [0.15, 0.2) is 79.3 Å². The zero-order valence-corrected chi connectivity index (χ0v) is 19.2. The van der Waals surface area contributed by atoms with Crippen LogP contribution < -0.4 is 14.8 Å². The smallest absolute Gasteiger partial charge is 0.209 e. The van der Waals surface area contributed by atoms with Gasteiger partial charge in [0.15, 0.2) is 0 Å². The summed E-state index contributed by atoms with van der Waals surface area (Å²) in [6.07, 6.45) is 4.81. The van der Waals surface area contributed by atoms with E-state index in [1.54, 1.807) is 24.7 Å². The van der Waals surface area contributed by atoms with E-state index in [4.69, 9.17) is 4.74 Å². The fourth-order valence-electron chi connectivity index (χ4n) is 3.37. The van der Waals surface area contributed by atoms with Crippen molar-refractivity contribution in [2.24, 2.45) is 0 Å². The Kier molecular flexibility index (Phi) is 7.19. The van der Waals surface area contributed by atoms with E-state index in [2.05, 4.69) is 25.0 Å². The van der Waals surface area contributed by atoms with Crippen LogP contribution >= 0.6 is 0 Å². The molecule has 1 unspecified atom stereocenters. The molecule has 0 bridgehead atoms. The number of hydrogen-bond donors (Lipinski definition) is 3. The lowest BCUT2D eigenvalue weighted by Crippen LogP contribution is -2.40. The fraction of sp³-hybridized carbons (Fsp3) is 0.167. The summed E-state index contributed by atoms with van der Waals surface area (Å²) >= 11 is 0. The molecular weight excluding hydrogens is 457 g/mol. The van der Waals surface area contributed by atoms with Crippen molar-refractivity contribution in [3.8, 4) is 22.8 Å². The van der Waals surface area contributed by atoms with Crippen LogP contribution in [0.2, 0.25) is 0 Å². The predicted molar refractivity (Wildman–Crippen MR) is 129 cm³/mol. The third kappa shape index (κ3) is 6.87. The third-order valence-electron chi connectivity index (χ3n) is 4.88. The molecule has 4 aromatic rings. The van der Waals surface area contributed by atoms with Crippen LogP contribution in [0.4, 0.5) is 10.2 Å². The van der Waals surface area contributed by atoms with Crippen LogP contribution in [0.25, 0.3) is 11.3 Å². The number of aromatic amines is 1. The van der Waals surface area contributed by atoms with Crippen LogP contribution in [0.5, 0.6) is 11.5 Å². The number of ether oxygens (including phenoxy) is 1. The third-order valence-corrected chi connectivity index (χ3v) is 5.64. The number of rotatable bonds is 10. The minimum Gasteiger partial charge on any atom is -0.457 e. The zero-order chi connectivity index (χ0) is 24.0. The maximum atomic E-state index is 13.1. The van der Waals surface area contributed by atoms with E-state index in [9.17, 15) is 12.8 Å². The standard InChI is InChI=1S/C24H24FN5O3S/c1-34(31,32)30-20(13-19-14-26-16-28-19)15-27-24-4-2-3-23(29-24)17-5-9-21(10-6-17)33-22-11-7-18(25)8-12-22/h2-12,14,16,20,30H,13,15H2,1H3,(H,26,28)(H,27,29). The minimum atomic E-state index is -3.39. The van der Waals surface area contributed by atoms with Gasteiger partial charge in [0.1, 0.15) is 23.1 Å². The van der Waals surface area contributed by atoms with E-state index in [1.165, 1.54) is 12.1 Å². The second-order valence-electron chi connectivity index (χ2n) is 7.74. The van der Waals surface area contributed by atoms with Gasteiger partial charge in [0, 0.05) is 36.5 Å². The highest BCUT2D eigenvalue weighted by atomic mass is 32.2. The van der Waals surface area contributed by atoms with Crippen LogP contribution in [0.3, 0.4) is 0 Å². The monoisotopic (exact) mass is 481 g/mol. The molecule has 8 nitrogen and oxygen atoms in total. The summed E-state index contributed by atoms with van der Waals surface area (Å²) in [7, 11) is -3.39. The highest BCUT2D eigenvalue weighted by Gasteiger charge is 2.16. The van der Waals surface area contributed by atoms with Gasteiger partial charge in [0.05, 0.1) is 18.3 Å². The summed E-state index contributed by atoms with van der Waals surface area (Å²) in [5.74, 6) is 1.47. The number of nitrogens with one attached hydrogen (secondary N) is 3. The molecule has 0 spiro atoms. The molecule has 34 heavy (non-hydrogen) atoms. The van der Waals surface area contributed by atoms with E-state index < -0.39 is 10.0 Å². The molecule has 0 aliphatic heterocycles. The van der Waals surface area contributed by atoms with Gasteiger partial charge in [-0.05, 0) is 60.7 Å². The first kappa shape index (κ1) is 23.4. The Morgan fingerprint density at radius 1 is 1.03 bits per heavy atom. The molecule has 3 N–H and O–H groups in total. The van der Waals surface area contributed by atoms with E-state index in [0.29, 0.717) is 30.3 Å². The molecule has 0 aliphatic rings. The fourth-order valence-corrected chi connectivity index (χ4v) is 4.15. The summed E-state index contributed by atoms with van der Waals surface area (Å²) in [6.45, 7) is 0.340. The number of benzene rings is 2. The van der Waals surface area contributed by atoms with Crippen molar-refractivity contribution in [1.82, 2.24) is 19.7 Å². The molecule has 1 atom stereocenters. The van der Waals surface area contributed by atoms with Gasteiger partial charge in [0.2, 0.25) is 10.0 Å². The van der Waals surface area contributed by atoms with Gasteiger partial charge < -0.3 is 15.0 Å². The SMILES string of the molecule is CS(=O)(=O)NC(CNc1cccc(-c2ccc(Oc3ccc(F)cc3)cc2)n1)Cc1cnc[nH]1. The molecule has 0 radical (unpaired) electrons. The number of pyridine rings is 1. The molecule has 0 aliphatic carbocycles. The number of anilines is 1. The van der Waals surface area contributed by atoms with Gasteiger partial charge in [-0.25, -0.2) is 27.5 Å². The van der Waals surface area contributed by atoms with Crippen molar-refractivity contribution in [2.45, 2.75) is 12.5 Å². The van der Waals surface area contributed by atoms with Crippen LogP contribution in [0, 0.1) is 5.82 Å². The Morgan fingerprint density at radius 3 is 2.38 bits per heavy atom. The van der Waals surface area contributed by atoms with Crippen LogP contribution in [0.1, 0.15) is 5.69 Å². The van der Waals surface area contributed by atoms with Gasteiger partial charge in [-0.2, -0.15) is 0 Å². The first-order chi connectivity index (χ1) is 16.3. The van der Waals surface area contributed by atoms with Gasteiger partial charge in [0.25, 0.3) is 0 Å². The Bertz CT molecular complexity index is 1310. The molecular formula is C24H24FN5O3S. The maximum Gasteiger partial charge on any atom is 0.209 e. The molecule has 4 rings (SSSR count). The number of hydrogen-bond acceptors (Lipinski definition) is 6. The zero-order valence-electron chi connectivity index (χ0n) is 18.4.